The molecule has 1 saturated heterocycles. The Morgan fingerprint density at radius 2 is 1.88 bits per heavy atom. The number of alkyl halides is 1. The van der Waals surface area contributed by atoms with Gasteiger partial charge in [-0.15, -0.1) is 0 Å². The molecule has 0 amide bonds. The van der Waals surface area contributed by atoms with Crippen molar-refractivity contribution in [3.8, 4) is 0 Å². The second-order valence-corrected chi connectivity index (χ2v) is 10.8. The molecular formula is C11H19FN3O14P3. The van der Waals surface area contributed by atoms with Crippen LogP contribution in [0.25, 0.3) is 0 Å². The minimum Gasteiger partial charge on any atom is -0.387 e. The lowest BCUT2D eigenvalue weighted by Crippen LogP contribution is -2.51. The number of rotatable bonds is 9. The Morgan fingerprint density at radius 1 is 1.28 bits per heavy atom. The van der Waals surface area contributed by atoms with Crippen LogP contribution in [0.1, 0.15) is 13.2 Å². The number of aliphatic hydroxyl groups excluding tert-OH is 1. The summed E-state index contributed by atoms with van der Waals surface area (Å²) in [6.45, 7) is -0.745. The molecule has 0 radical (unpaired) electrons. The molecule has 3 unspecified atom stereocenters. The van der Waals surface area contributed by atoms with Crippen LogP contribution in [-0.4, -0.2) is 69.9 Å². The molecule has 184 valence electrons. The van der Waals surface area contributed by atoms with Crippen LogP contribution in [0.3, 0.4) is 0 Å². The number of ether oxygens (including phenoxy) is 1. The van der Waals surface area contributed by atoms with Gasteiger partial charge in [0.25, 0.3) is 0 Å². The molecule has 2 heterocycles. The molecule has 0 spiro atoms. The third kappa shape index (κ3) is 6.27. The van der Waals surface area contributed by atoms with E-state index in [1.807, 2.05) is 0 Å². The molecule has 0 aromatic carbocycles. The molecule has 1 aliphatic rings. The van der Waals surface area contributed by atoms with E-state index in [9.17, 15) is 38.0 Å². The maximum absolute atomic E-state index is 13.7. The lowest BCUT2D eigenvalue weighted by Gasteiger charge is -2.29. The normalized spacial score (nSPS) is 31.1. The highest BCUT2D eigenvalue weighted by molar-refractivity contribution is 7.66. The molecular weight excluding hydrogens is 510 g/mol. The maximum Gasteiger partial charge on any atom is 0.490 e. The number of anilines is 1. The first-order valence-corrected chi connectivity index (χ1v) is 12.7. The van der Waals surface area contributed by atoms with E-state index in [1.165, 1.54) is 0 Å². The largest absolute Gasteiger partial charge is 0.490 e. The highest BCUT2D eigenvalue weighted by Gasteiger charge is 2.59. The van der Waals surface area contributed by atoms with Gasteiger partial charge in [-0.05, 0) is 13.0 Å². The van der Waals surface area contributed by atoms with Crippen LogP contribution < -0.4 is 11.4 Å². The first-order chi connectivity index (χ1) is 14.4. The van der Waals surface area contributed by atoms with Crippen molar-refractivity contribution in [1.29, 1.82) is 0 Å². The van der Waals surface area contributed by atoms with Gasteiger partial charge in [-0.1, -0.05) is 0 Å². The van der Waals surface area contributed by atoms with Crippen molar-refractivity contribution in [3.63, 3.8) is 0 Å². The van der Waals surface area contributed by atoms with E-state index >= 15 is 0 Å². The van der Waals surface area contributed by atoms with Crippen molar-refractivity contribution in [3.05, 3.63) is 22.7 Å². The fraction of sp³-hybridized carbons (Fsp3) is 0.636. The zero-order chi connectivity index (χ0) is 24.7. The van der Waals surface area contributed by atoms with Crippen molar-refractivity contribution in [1.82, 2.24) is 9.55 Å². The smallest absolute Gasteiger partial charge is 0.387 e. The van der Waals surface area contributed by atoms with Gasteiger partial charge in [0.05, 0.1) is 6.10 Å². The van der Waals surface area contributed by atoms with E-state index in [1.54, 1.807) is 0 Å². The molecule has 1 aliphatic heterocycles. The van der Waals surface area contributed by atoms with Crippen molar-refractivity contribution in [2.75, 3.05) is 12.4 Å². The average molecular weight is 529 g/mol. The fourth-order valence-electron chi connectivity index (χ4n) is 2.76. The predicted octanol–water partition coefficient (Wildman–Crippen LogP) is -1.48. The molecule has 1 fully saturated rings. The van der Waals surface area contributed by atoms with Crippen LogP contribution >= 0.6 is 23.5 Å². The number of aliphatic hydroxyl groups is 2. The maximum atomic E-state index is 13.7. The molecule has 1 aromatic rings. The van der Waals surface area contributed by atoms with Gasteiger partial charge in [0.1, 0.15) is 24.7 Å². The zero-order valence-corrected chi connectivity index (χ0v) is 18.5. The van der Waals surface area contributed by atoms with Crippen molar-refractivity contribution in [2.45, 2.75) is 37.1 Å². The highest BCUT2D eigenvalue weighted by atomic mass is 31.3. The Kier molecular flexibility index (Phi) is 7.87. The van der Waals surface area contributed by atoms with Crippen molar-refractivity contribution < 1.29 is 65.8 Å². The molecule has 32 heavy (non-hydrogen) atoms. The SMILES string of the molecule is C[C@@H](OP(=O)(O)OP(=O)(O)OP(=O)(O)O)[C@H]1O[C@@H](n2ccc(N)nc2=O)[C@@](O)(CF)C1O. The van der Waals surface area contributed by atoms with Gasteiger partial charge in [0.15, 0.2) is 11.8 Å². The van der Waals surface area contributed by atoms with E-state index in [-0.39, 0.29) is 5.82 Å². The van der Waals surface area contributed by atoms with E-state index in [0.29, 0.717) is 4.57 Å². The minimum absolute atomic E-state index is 0.217. The molecule has 2 rings (SSSR count). The number of halogens is 1. The topological polar surface area (TPSA) is 270 Å². The molecule has 0 aliphatic carbocycles. The monoisotopic (exact) mass is 529 g/mol. The number of phosphoric acid groups is 3. The number of phosphoric ester groups is 1. The van der Waals surface area contributed by atoms with Crippen molar-refractivity contribution in [2.24, 2.45) is 0 Å². The Morgan fingerprint density at radius 3 is 2.38 bits per heavy atom. The molecule has 0 bridgehead atoms. The molecule has 0 saturated carbocycles. The number of nitrogens with two attached hydrogens (primary N) is 1. The summed E-state index contributed by atoms with van der Waals surface area (Å²) in [6, 6.07) is 1.10. The summed E-state index contributed by atoms with van der Waals surface area (Å²) in [5.74, 6) is -0.217. The Balaban J connectivity index is 2.25. The third-order valence-corrected chi connectivity index (χ3v) is 7.96. The van der Waals surface area contributed by atoms with Gasteiger partial charge in [0.2, 0.25) is 0 Å². The second-order valence-electron chi connectivity index (χ2n) is 6.47. The lowest BCUT2D eigenvalue weighted by molar-refractivity contribution is -0.122. The quantitative estimate of drug-likeness (QED) is 0.180. The van der Waals surface area contributed by atoms with E-state index in [2.05, 4.69) is 18.1 Å². The Hall–Kier alpha value is -1.10. The first kappa shape index (κ1) is 27.1. The summed E-state index contributed by atoms with van der Waals surface area (Å²) in [7, 11) is -17.1. The number of nitrogens with zero attached hydrogens (tertiary/aromatic N) is 2. The molecule has 21 heteroatoms. The van der Waals surface area contributed by atoms with Gasteiger partial charge in [-0.2, -0.15) is 13.6 Å². The van der Waals surface area contributed by atoms with Gasteiger partial charge >= 0.3 is 29.2 Å². The van der Waals surface area contributed by atoms with Crippen LogP contribution in [0.2, 0.25) is 0 Å². The van der Waals surface area contributed by atoms with E-state index in [4.69, 9.17) is 25.2 Å². The zero-order valence-electron chi connectivity index (χ0n) is 15.8. The van der Waals surface area contributed by atoms with E-state index in [0.717, 1.165) is 19.2 Å². The number of nitrogen functional groups attached to an aromatic ring is 1. The Bertz CT molecular complexity index is 1050. The first-order valence-electron chi connectivity index (χ1n) is 8.19. The minimum atomic E-state index is -5.82. The van der Waals surface area contributed by atoms with Crippen LogP contribution in [-0.2, 0) is 31.6 Å². The van der Waals surface area contributed by atoms with Gasteiger partial charge in [-0.25, -0.2) is 22.9 Å². The molecule has 1 aromatic heterocycles. The Labute approximate surface area is 177 Å². The summed E-state index contributed by atoms with van der Waals surface area (Å²) in [6.07, 6.45) is -6.78. The standard InChI is InChI=1S/C11H19FN3O14P3/c1-5(27-31(22,23)29-32(24,25)28-30(19,20)21)7-8(16)11(18,4-12)9(26-7)15-3-2-6(13)14-10(15)17/h2-3,5,7-9,16,18H,4H2,1H3,(H,22,23)(H,24,25)(H2,13,14,17)(H2,19,20,21)/t5-,7-,8?,9-,11-/m1/s1. The number of aromatic nitrogens is 2. The van der Waals surface area contributed by atoms with Gasteiger partial charge in [-0.3, -0.25) is 9.09 Å². The van der Waals surface area contributed by atoms with Crippen LogP contribution in [0.5, 0.6) is 0 Å². The third-order valence-electron chi connectivity index (χ3n) is 4.03. The predicted molar refractivity (Wildman–Crippen MR) is 98.2 cm³/mol. The van der Waals surface area contributed by atoms with Gasteiger partial charge in [0, 0.05) is 6.20 Å². The summed E-state index contributed by atoms with van der Waals surface area (Å²) >= 11 is 0. The van der Waals surface area contributed by atoms with Crippen LogP contribution in [0, 0.1) is 0 Å². The molecule has 17 nitrogen and oxygen atoms in total. The molecule has 7 atom stereocenters. The second kappa shape index (κ2) is 9.27. The lowest BCUT2D eigenvalue weighted by atomic mass is 9.93. The highest BCUT2D eigenvalue weighted by Crippen LogP contribution is 2.66. The molecule has 8 N–H and O–H groups in total. The number of hydrogen-bond donors (Lipinski definition) is 7. The fourth-order valence-corrected chi connectivity index (χ4v) is 5.96. The van der Waals surface area contributed by atoms with Gasteiger partial charge < -0.3 is 40.3 Å². The van der Waals surface area contributed by atoms with Crippen LogP contribution in [0.4, 0.5) is 10.2 Å². The summed E-state index contributed by atoms with van der Waals surface area (Å²) in [5.41, 5.74) is 1.46. The van der Waals surface area contributed by atoms with E-state index < -0.39 is 66.0 Å². The number of hydrogen-bond acceptors (Lipinski definition) is 12. The summed E-state index contributed by atoms with van der Waals surface area (Å²) in [4.78, 5) is 51.2. The van der Waals surface area contributed by atoms with Crippen molar-refractivity contribution >= 4 is 29.3 Å². The van der Waals surface area contributed by atoms with Crippen LogP contribution in [0.15, 0.2) is 17.1 Å². The summed E-state index contributed by atoms with van der Waals surface area (Å²) < 4.78 is 65.1. The average Bonchev–Trinajstić information content (AvgIpc) is 2.84. The summed E-state index contributed by atoms with van der Waals surface area (Å²) in [5, 5.41) is 20.9.